The highest BCUT2D eigenvalue weighted by Gasteiger charge is 2.21. The van der Waals surface area contributed by atoms with Crippen molar-refractivity contribution in [3.63, 3.8) is 0 Å². The molecular weight excluding hydrogens is 494 g/mol. The normalized spacial score (nSPS) is 12.3. The molecule has 0 spiro atoms. The second kappa shape index (κ2) is 14.1. The van der Waals surface area contributed by atoms with Crippen molar-refractivity contribution in [2.45, 2.75) is 58.7 Å². The maximum Gasteiger partial charge on any atom is 0.335 e. The molecule has 206 valence electrons. The number of carbonyl (C=O) groups excluding carboxylic acids is 2. The van der Waals surface area contributed by atoms with Gasteiger partial charge in [0.1, 0.15) is 18.4 Å². The van der Waals surface area contributed by atoms with E-state index in [-0.39, 0.29) is 17.4 Å². The number of benzene rings is 3. The van der Waals surface area contributed by atoms with Crippen molar-refractivity contribution >= 4 is 17.8 Å². The lowest BCUT2D eigenvalue weighted by Crippen LogP contribution is -2.51. The summed E-state index contributed by atoms with van der Waals surface area (Å²) in [7, 11) is 0. The number of carbonyl (C=O) groups is 3. The fraction of sp³-hybridized carbons (Fsp3) is 0.323. The van der Waals surface area contributed by atoms with Crippen LogP contribution in [0.25, 0.3) is 0 Å². The van der Waals surface area contributed by atoms with Crippen molar-refractivity contribution in [3.8, 4) is 5.75 Å². The Hall–Kier alpha value is -4.17. The van der Waals surface area contributed by atoms with Gasteiger partial charge >= 0.3 is 5.97 Å². The van der Waals surface area contributed by atoms with Crippen LogP contribution in [-0.2, 0) is 29.0 Å². The molecule has 0 unspecified atom stereocenters. The number of hydrogen-bond acceptors (Lipinski definition) is 5. The summed E-state index contributed by atoms with van der Waals surface area (Å²) < 4.78 is 5.90. The van der Waals surface area contributed by atoms with Crippen LogP contribution in [0.3, 0.4) is 0 Å². The minimum absolute atomic E-state index is 0.226. The first-order chi connectivity index (χ1) is 18.6. The summed E-state index contributed by atoms with van der Waals surface area (Å²) in [5.74, 6) is -0.920. The van der Waals surface area contributed by atoms with Crippen molar-refractivity contribution in [1.29, 1.82) is 0 Å². The number of aryl methyl sites for hydroxylation is 3. The van der Waals surface area contributed by atoms with Gasteiger partial charge in [-0.2, -0.15) is 0 Å². The fourth-order valence-corrected chi connectivity index (χ4v) is 4.27. The van der Waals surface area contributed by atoms with Gasteiger partial charge in [-0.25, -0.2) is 4.79 Å². The SMILES string of the molecule is Cc1cc(OCc2ccc(C(=O)O)cc2)cc(C)c1C[C@@H](N)C(=O)N[C@H](C)C(=O)NCCCc1ccccc1. The van der Waals surface area contributed by atoms with Gasteiger partial charge in [0, 0.05) is 6.54 Å². The molecule has 0 heterocycles. The van der Waals surface area contributed by atoms with E-state index in [2.05, 4.69) is 22.8 Å². The van der Waals surface area contributed by atoms with Crippen molar-refractivity contribution < 1.29 is 24.2 Å². The Labute approximate surface area is 229 Å². The van der Waals surface area contributed by atoms with Crippen LogP contribution in [0.5, 0.6) is 5.75 Å². The summed E-state index contributed by atoms with van der Waals surface area (Å²) in [5.41, 5.74) is 11.3. The average molecular weight is 532 g/mol. The number of carboxylic acids is 1. The first-order valence-corrected chi connectivity index (χ1v) is 13.1. The maximum atomic E-state index is 12.7. The zero-order valence-electron chi connectivity index (χ0n) is 22.7. The molecule has 8 nitrogen and oxygen atoms in total. The summed E-state index contributed by atoms with van der Waals surface area (Å²) >= 11 is 0. The molecule has 0 saturated heterocycles. The summed E-state index contributed by atoms with van der Waals surface area (Å²) in [6, 6.07) is 18.9. The van der Waals surface area contributed by atoms with E-state index in [0.29, 0.717) is 25.3 Å². The number of hydrogen-bond donors (Lipinski definition) is 4. The first-order valence-electron chi connectivity index (χ1n) is 13.1. The Morgan fingerprint density at radius 1 is 0.923 bits per heavy atom. The minimum atomic E-state index is -0.969. The summed E-state index contributed by atoms with van der Waals surface area (Å²) in [6.07, 6.45) is 2.01. The summed E-state index contributed by atoms with van der Waals surface area (Å²) in [5, 5.41) is 14.6. The van der Waals surface area contributed by atoms with E-state index in [1.807, 2.05) is 44.2 Å². The molecule has 0 fully saturated rings. The minimum Gasteiger partial charge on any atom is -0.489 e. The molecule has 0 saturated carbocycles. The molecule has 3 rings (SSSR count). The van der Waals surface area contributed by atoms with Crippen LogP contribution in [0.1, 0.15) is 51.5 Å². The third kappa shape index (κ3) is 8.97. The van der Waals surface area contributed by atoms with Gasteiger partial charge in [0.05, 0.1) is 11.6 Å². The van der Waals surface area contributed by atoms with Crippen molar-refractivity contribution in [2.75, 3.05) is 6.54 Å². The maximum absolute atomic E-state index is 12.7. The average Bonchev–Trinajstić information content (AvgIpc) is 2.92. The molecule has 39 heavy (non-hydrogen) atoms. The summed E-state index contributed by atoms with van der Waals surface area (Å²) in [4.78, 5) is 36.1. The third-order valence-corrected chi connectivity index (χ3v) is 6.57. The van der Waals surface area contributed by atoms with Crippen LogP contribution in [-0.4, -0.2) is 41.5 Å². The summed E-state index contributed by atoms with van der Waals surface area (Å²) in [6.45, 7) is 6.35. The second-order valence-corrected chi connectivity index (χ2v) is 9.75. The molecule has 0 radical (unpaired) electrons. The van der Waals surface area contributed by atoms with E-state index < -0.39 is 18.1 Å². The van der Waals surface area contributed by atoms with Gasteiger partial charge in [0.25, 0.3) is 0 Å². The van der Waals surface area contributed by atoms with Crippen LogP contribution in [0.2, 0.25) is 0 Å². The largest absolute Gasteiger partial charge is 0.489 e. The number of ether oxygens (including phenoxy) is 1. The molecule has 2 amide bonds. The molecule has 0 aliphatic carbocycles. The number of carboxylic acid groups (broad SMARTS) is 1. The van der Waals surface area contributed by atoms with Crippen LogP contribution < -0.4 is 21.1 Å². The molecule has 8 heteroatoms. The number of aromatic carboxylic acids is 1. The highest BCUT2D eigenvalue weighted by Crippen LogP contribution is 2.24. The number of amides is 2. The van der Waals surface area contributed by atoms with Crippen LogP contribution in [0, 0.1) is 13.8 Å². The highest BCUT2D eigenvalue weighted by atomic mass is 16.5. The van der Waals surface area contributed by atoms with Gasteiger partial charge in [0.2, 0.25) is 11.8 Å². The molecule has 0 aromatic heterocycles. The van der Waals surface area contributed by atoms with Crippen molar-refractivity contribution in [2.24, 2.45) is 5.73 Å². The zero-order valence-corrected chi connectivity index (χ0v) is 22.7. The van der Waals surface area contributed by atoms with Gasteiger partial charge in [0.15, 0.2) is 0 Å². The number of nitrogens with two attached hydrogens (primary N) is 1. The molecule has 0 aliphatic rings. The van der Waals surface area contributed by atoms with Gasteiger partial charge in [-0.15, -0.1) is 0 Å². The Morgan fingerprint density at radius 3 is 2.18 bits per heavy atom. The fourth-order valence-electron chi connectivity index (χ4n) is 4.27. The first kappa shape index (κ1) is 29.4. The van der Waals surface area contributed by atoms with Crippen molar-refractivity contribution in [1.82, 2.24) is 10.6 Å². The van der Waals surface area contributed by atoms with Crippen LogP contribution in [0.15, 0.2) is 66.7 Å². The predicted octanol–water partition coefficient (Wildman–Crippen LogP) is 3.70. The Kier molecular flexibility index (Phi) is 10.6. The molecule has 3 aromatic rings. The predicted molar refractivity (Wildman–Crippen MR) is 151 cm³/mol. The molecule has 0 bridgehead atoms. The van der Waals surface area contributed by atoms with Gasteiger partial charge in [-0.05, 0) is 92.1 Å². The van der Waals surface area contributed by atoms with Gasteiger partial charge < -0.3 is 26.2 Å². The zero-order chi connectivity index (χ0) is 28.4. The number of nitrogens with one attached hydrogen (secondary N) is 2. The lowest BCUT2D eigenvalue weighted by molar-refractivity contribution is -0.129. The smallest absolute Gasteiger partial charge is 0.335 e. The lowest BCUT2D eigenvalue weighted by Gasteiger charge is -2.19. The van der Waals surface area contributed by atoms with Gasteiger partial charge in [-0.3, -0.25) is 9.59 Å². The molecule has 5 N–H and O–H groups in total. The highest BCUT2D eigenvalue weighted by molar-refractivity contribution is 5.89. The van der Waals surface area contributed by atoms with E-state index in [0.717, 1.165) is 35.1 Å². The van der Waals surface area contributed by atoms with E-state index in [9.17, 15) is 14.4 Å². The third-order valence-electron chi connectivity index (χ3n) is 6.57. The van der Waals surface area contributed by atoms with E-state index in [1.54, 1.807) is 31.2 Å². The molecular formula is C31H37N3O5. The molecule has 0 aliphatic heterocycles. The number of rotatable bonds is 13. The Morgan fingerprint density at radius 2 is 1.56 bits per heavy atom. The van der Waals surface area contributed by atoms with E-state index in [1.165, 1.54) is 5.56 Å². The Bertz CT molecular complexity index is 1250. The Balaban J connectivity index is 1.47. The van der Waals surface area contributed by atoms with E-state index in [4.69, 9.17) is 15.6 Å². The quantitative estimate of drug-likeness (QED) is 0.249. The van der Waals surface area contributed by atoms with Crippen LogP contribution in [0.4, 0.5) is 0 Å². The molecule has 2 atom stereocenters. The van der Waals surface area contributed by atoms with Crippen molar-refractivity contribution in [3.05, 3.63) is 100 Å². The standard InChI is InChI=1S/C31H37N3O5/c1-20-16-26(39-19-24-11-13-25(14-12-24)31(37)38)17-21(2)27(20)18-28(32)30(36)34-22(3)29(35)33-15-7-10-23-8-5-4-6-9-23/h4-6,8-9,11-14,16-17,22,28H,7,10,15,18-19,32H2,1-3H3,(H,33,35)(H,34,36)(H,37,38)/t22-,28-/m1/s1. The van der Waals surface area contributed by atoms with E-state index >= 15 is 0 Å². The van der Waals surface area contributed by atoms with Gasteiger partial charge in [-0.1, -0.05) is 42.5 Å². The lowest BCUT2D eigenvalue weighted by atomic mass is 9.96. The topological polar surface area (TPSA) is 131 Å². The monoisotopic (exact) mass is 531 g/mol. The molecule has 3 aromatic carbocycles. The second-order valence-electron chi connectivity index (χ2n) is 9.75. The van der Waals surface area contributed by atoms with Crippen LogP contribution >= 0.6 is 0 Å².